The number of carbonyl (C=O) groups is 2. The van der Waals surface area contributed by atoms with Crippen LogP contribution in [0.15, 0.2) is 29.2 Å². The molecule has 0 unspecified atom stereocenters. The molecule has 2 rings (SSSR count). The first-order valence-electron chi connectivity index (χ1n) is 7.65. The van der Waals surface area contributed by atoms with E-state index in [-0.39, 0.29) is 18.0 Å². The van der Waals surface area contributed by atoms with Crippen molar-refractivity contribution in [2.45, 2.75) is 37.6 Å². The Morgan fingerprint density at radius 1 is 1.36 bits per heavy atom. The van der Waals surface area contributed by atoms with Crippen molar-refractivity contribution < 1.29 is 9.59 Å². The molecule has 0 spiro atoms. The molecule has 1 aliphatic heterocycles. The van der Waals surface area contributed by atoms with Crippen molar-refractivity contribution in [1.29, 1.82) is 0 Å². The molecule has 3 amide bonds. The van der Waals surface area contributed by atoms with Crippen LogP contribution in [0.25, 0.3) is 0 Å². The zero-order chi connectivity index (χ0) is 15.9. The Balaban J connectivity index is 1.94. The monoisotopic (exact) mass is 321 g/mol. The van der Waals surface area contributed by atoms with Crippen LogP contribution in [-0.4, -0.2) is 41.7 Å². The summed E-state index contributed by atoms with van der Waals surface area (Å²) in [7, 11) is 0. The Kier molecular flexibility index (Phi) is 6.12. The van der Waals surface area contributed by atoms with E-state index < -0.39 is 0 Å². The number of likely N-dealkylation sites (tertiary alicyclic amines) is 1. The fourth-order valence-electron chi connectivity index (χ4n) is 2.45. The van der Waals surface area contributed by atoms with Crippen molar-refractivity contribution in [2.75, 3.05) is 24.2 Å². The van der Waals surface area contributed by atoms with Gasteiger partial charge in [-0.05, 0) is 30.7 Å². The van der Waals surface area contributed by atoms with Gasteiger partial charge in [-0.3, -0.25) is 4.79 Å². The van der Waals surface area contributed by atoms with Crippen molar-refractivity contribution in [3.8, 4) is 0 Å². The topological polar surface area (TPSA) is 61.4 Å². The lowest BCUT2D eigenvalue weighted by atomic mass is 10.3. The SMILES string of the molecule is CCCSc1ccccc1NC(=O)N1CC[C@H](NC(C)=O)C1. The smallest absolute Gasteiger partial charge is 0.321 e. The highest BCUT2D eigenvalue weighted by atomic mass is 32.2. The van der Waals surface area contributed by atoms with Crippen LogP contribution in [0.5, 0.6) is 0 Å². The first-order valence-corrected chi connectivity index (χ1v) is 8.63. The quantitative estimate of drug-likeness (QED) is 0.820. The number of nitrogens with zero attached hydrogens (tertiary/aromatic N) is 1. The van der Waals surface area contributed by atoms with Crippen LogP contribution in [0.1, 0.15) is 26.7 Å². The number of para-hydroxylation sites is 1. The molecule has 1 saturated heterocycles. The molecule has 0 aliphatic carbocycles. The molecule has 22 heavy (non-hydrogen) atoms. The van der Waals surface area contributed by atoms with Gasteiger partial charge in [0.1, 0.15) is 0 Å². The summed E-state index contributed by atoms with van der Waals surface area (Å²) in [5.41, 5.74) is 0.855. The largest absolute Gasteiger partial charge is 0.352 e. The van der Waals surface area contributed by atoms with Gasteiger partial charge in [0.05, 0.1) is 5.69 Å². The Morgan fingerprint density at radius 3 is 2.86 bits per heavy atom. The van der Waals surface area contributed by atoms with E-state index in [1.807, 2.05) is 24.3 Å². The molecule has 1 fully saturated rings. The van der Waals surface area contributed by atoms with E-state index in [0.717, 1.165) is 29.2 Å². The number of nitrogens with one attached hydrogen (secondary N) is 2. The Bertz CT molecular complexity index is 536. The zero-order valence-corrected chi connectivity index (χ0v) is 13.9. The minimum absolute atomic E-state index is 0.0476. The second-order valence-corrected chi connectivity index (χ2v) is 6.54. The highest BCUT2D eigenvalue weighted by Gasteiger charge is 2.26. The predicted molar refractivity (Wildman–Crippen MR) is 90.3 cm³/mol. The summed E-state index contributed by atoms with van der Waals surface area (Å²) in [4.78, 5) is 26.3. The normalized spacial score (nSPS) is 17.4. The van der Waals surface area contributed by atoms with Crippen LogP contribution in [0.2, 0.25) is 0 Å². The van der Waals surface area contributed by atoms with Crippen LogP contribution >= 0.6 is 11.8 Å². The lowest BCUT2D eigenvalue weighted by Crippen LogP contribution is -2.38. The van der Waals surface area contributed by atoms with Gasteiger partial charge in [0.15, 0.2) is 0 Å². The molecule has 5 nitrogen and oxygen atoms in total. The molecule has 120 valence electrons. The van der Waals surface area contributed by atoms with Crippen LogP contribution in [0.4, 0.5) is 10.5 Å². The summed E-state index contributed by atoms with van der Waals surface area (Å²) < 4.78 is 0. The molecule has 0 aromatic heterocycles. The van der Waals surface area contributed by atoms with Gasteiger partial charge < -0.3 is 15.5 Å². The van der Waals surface area contributed by atoms with Gasteiger partial charge in [0, 0.05) is 31.0 Å². The number of carbonyl (C=O) groups excluding carboxylic acids is 2. The van der Waals surface area contributed by atoms with E-state index in [9.17, 15) is 9.59 Å². The molecular formula is C16H23N3O2S. The molecule has 1 atom stereocenters. The number of anilines is 1. The number of urea groups is 1. The number of amides is 3. The van der Waals surface area contributed by atoms with Crippen molar-refractivity contribution in [3.63, 3.8) is 0 Å². The van der Waals surface area contributed by atoms with Gasteiger partial charge >= 0.3 is 6.03 Å². The van der Waals surface area contributed by atoms with Crippen LogP contribution in [0.3, 0.4) is 0 Å². The lowest BCUT2D eigenvalue weighted by molar-refractivity contribution is -0.119. The van der Waals surface area contributed by atoms with Gasteiger partial charge in [-0.15, -0.1) is 11.8 Å². The highest BCUT2D eigenvalue weighted by molar-refractivity contribution is 7.99. The second kappa shape index (κ2) is 8.08. The number of hydrogen-bond acceptors (Lipinski definition) is 3. The van der Waals surface area contributed by atoms with Gasteiger partial charge in [0.2, 0.25) is 5.91 Å². The molecule has 6 heteroatoms. The summed E-state index contributed by atoms with van der Waals surface area (Å²) in [5.74, 6) is 0.981. The van der Waals surface area contributed by atoms with E-state index in [0.29, 0.717) is 13.1 Å². The van der Waals surface area contributed by atoms with Crippen LogP contribution in [0, 0.1) is 0 Å². The summed E-state index contributed by atoms with van der Waals surface area (Å²) in [5, 5.41) is 5.85. The van der Waals surface area contributed by atoms with Crippen LogP contribution in [-0.2, 0) is 4.79 Å². The third-order valence-electron chi connectivity index (χ3n) is 3.47. The minimum atomic E-state index is -0.0996. The van der Waals surface area contributed by atoms with Crippen molar-refractivity contribution >= 4 is 29.4 Å². The second-order valence-electron chi connectivity index (χ2n) is 5.41. The number of hydrogen-bond donors (Lipinski definition) is 2. The fraction of sp³-hybridized carbons (Fsp3) is 0.500. The third-order valence-corrected chi connectivity index (χ3v) is 4.75. The van der Waals surface area contributed by atoms with E-state index in [1.54, 1.807) is 16.7 Å². The predicted octanol–water partition coefficient (Wildman–Crippen LogP) is 2.93. The molecule has 0 radical (unpaired) electrons. The Hall–Kier alpha value is -1.69. The maximum Gasteiger partial charge on any atom is 0.321 e. The van der Waals surface area contributed by atoms with E-state index in [4.69, 9.17) is 0 Å². The first kappa shape index (κ1) is 16.7. The lowest BCUT2D eigenvalue weighted by Gasteiger charge is -2.19. The fourth-order valence-corrected chi connectivity index (χ4v) is 3.33. The Labute approximate surface area is 135 Å². The molecule has 0 saturated carbocycles. The maximum absolute atomic E-state index is 12.4. The first-order chi connectivity index (χ1) is 10.6. The molecule has 2 N–H and O–H groups in total. The van der Waals surface area contributed by atoms with Gasteiger partial charge in [-0.2, -0.15) is 0 Å². The maximum atomic E-state index is 12.4. The third kappa shape index (κ3) is 4.66. The molecule has 1 aromatic carbocycles. The highest BCUT2D eigenvalue weighted by Crippen LogP contribution is 2.27. The van der Waals surface area contributed by atoms with Crippen molar-refractivity contribution in [2.24, 2.45) is 0 Å². The minimum Gasteiger partial charge on any atom is -0.352 e. The molecule has 0 bridgehead atoms. The van der Waals surface area contributed by atoms with E-state index in [2.05, 4.69) is 17.6 Å². The van der Waals surface area contributed by atoms with Crippen molar-refractivity contribution in [1.82, 2.24) is 10.2 Å². The molecule has 1 aromatic rings. The zero-order valence-electron chi connectivity index (χ0n) is 13.1. The van der Waals surface area contributed by atoms with Crippen molar-refractivity contribution in [3.05, 3.63) is 24.3 Å². The van der Waals surface area contributed by atoms with E-state index in [1.165, 1.54) is 6.92 Å². The average Bonchev–Trinajstić information content (AvgIpc) is 2.94. The van der Waals surface area contributed by atoms with Gasteiger partial charge in [-0.1, -0.05) is 19.1 Å². The summed E-state index contributed by atoms with van der Waals surface area (Å²) in [6, 6.07) is 7.83. The van der Waals surface area contributed by atoms with Gasteiger partial charge in [-0.25, -0.2) is 4.79 Å². The summed E-state index contributed by atoms with van der Waals surface area (Å²) in [6.45, 7) is 4.88. The molecular weight excluding hydrogens is 298 g/mol. The standard InChI is InChI=1S/C16H23N3O2S/c1-3-10-22-15-7-5-4-6-14(15)18-16(21)19-9-8-13(11-19)17-12(2)20/h4-7,13H,3,8-11H2,1-2H3,(H,17,20)(H,18,21)/t13-/m0/s1. The summed E-state index contributed by atoms with van der Waals surface area (Å²) >= 11 is 1.75. The summed E-state index contributed by atoms with van der Waals surface area (Å²) in [6.07, 6.45) is 1.90. The number of rotatable bonds is 5. The van der Waals surface area contributed by atoms with E-state index >= 15 is 0 Å². The molecule has 1 heterocycles. The van der Waals surface area contributed by atoms with Crippen LogP contribution < -0.4 is 10.6 Å². The van der Waals surface area contributed by atoms with Gasteiger partial charge in [0.25, 0.3) is 0 Å². The number of benzene rings is 1. The number of thioether (sulfide) groups is 1. The Morgan fingerprint density at radius 2 is 2.14 bits per heavy atom. The average molecular weight is 321 g/mol. The molecule has 1 aliphatic rings.